The lowest BCUT2D eigenvalue weighted by molar-refractivity contribution is -0.112. The van der Waals surface area contributed by atoms with Crippen LogP contribution in [0, 0.1) is 17.2 Å². The maximum Gasteiger partial charge on any atom is 0.268 e. The van der Waals surface area contributed by atoms with Crippen molar-refractivity contribution < 1.29 is 4.79 Å². The molecule has 3 rings (SSSR count). The van der Waals surface area contributed by atoms with Crippen molar-refractivity contribution >= 4 is 40.1 Å². The smallest absolute Gasteiger partial charge is 0.268 e. The Hall–Kier alpha value is -2.95. The van der Waals surface area contributed by atoms with Crippen LogP contribution in [0.15, 0.2) is 48.2 Å². The molecule has 0 aliphatic rings. The summed E-state index contributed by atoms with van der Waals surface area (Å²) in [6, 6.07) is 12.9. The molecule has 3 aromatic rings. The number of carbonyl (C=O) groups excluding carboxylic acids is 1. The summed E-state index contributed by atoms with van der Waals surface area (Å²) in [5.41, 5.74) is 1.56. The number of halogens is 1. The minimum absolute atomic E-state index is 0.0190. The van der Waals surface area contributed by atoms with E-state index in [1.807, 2.05) is 41.1 Å². The molecule has 0 fully saturated rings. The van der Waals surface area contributed by atoms with Gasteiger partial charge in [0.05, 0.1) is 0 Å². The molecule has 0 atom stereocenters. The summed E-state index contributed by atoms with van der Waals surface area (Å²) >= 11 is 7.26. The van der Waals surface area contributed by atoms with Gasteiger partial charge in [0.15, 0.2) is 0 Å². The summed E-state index contributed by atoms with van der Waals surface area (Å²) in [4.78, 5) is 12.5. The number of nitrogens with one attached hydrogen (secondary N) is 1. The van der Waals surface area contributed by atoms with Crippen molar-refractivity contribution in [1.82, 2.24) is 14.8 Å². The zero-order valence-corrected chi connectivity index (χ0v) is 17.0. The number of carbonyl (C=O) groups is 1. The minimum atomic E-state index is -0.515. The lowest BCUT2D eigenvalue weighted by atomic mass is 10.1. The van der Waals surface area contributed by atoms with E-state index in [-0.39, 0.29) is 5.57 Å². The first-order valence-electron chi connectivity index (χ1n) is 8.65. The molecule has 0 aliphatic carbocycles. The maximum absolute atomic E-state index is 12.5. The van der Waals surface area contributed by atoms with Gasteiger partial charge in [-0.1, -0.05) is 36.8 Å². The number of aromatic nitrogens is 3. The SMILES string of the molecule is CC(C)Cc1nnc(NC(=O)/C(C#N)=C\c2cccn2-c2ccc(Cl)cc2)s1. The molecule has 28 heavy (non-hydrogen) atoms. The van der Waals surface area contributed by atoms with Crippen LogP contribution < -0.4 is 5.32 Å². The van der Waals surface area contributed by atoms with E-state index in [1.54, 1.807) is 18.2 Å². The second kappa shape index (κ2) is 8.83. The molecule has 1 amide bonds. The summed E-state index contributed by atoms with van der Waals surface area (Å²) in [7, 11) is 0. The van der Waals surface area contributed by atoms with Crippen LogP contribution in [0.2, 0.25) is 5.02 Å². The van der Waals surface area contributed by atoms with Gasteiger partial charge in [0.25, 0.3) is 5.91 Å². The van der Waals surface area contributed by atoms with Gasteiger partial charge in [-0.3, -0.25) is 10.1 Å². The highest BCUT2D eigenvalue weighted by molar-refractivity contribution is 7.15. The standard InChI is InChI=1S/C20H18ClN5OS/c1-13(2)10-18-24-25-20(28-18)23-19(27)14(12-22)11-17-4-3-9-26(17)16-7-5-15(21)6-8-16/h3-9,11,13H,10H2,1-2H3,(H,23,25,27)/b14-11-. The van der Waals surface area contributed by atoms with Crippen molar-refractivity contribution in [2.45, 2.75) is 20.3 Å². The first-order chi connectivity index (χ1) is 13.5. The number of rotatable bonds is 6. The van der Waals surface area contributed by atoms with E-state index in [0.717, 1.165) is 17.1 Å². The van der Waals surface area contributed by atoms with Gasteiger partial charge in [-0.15, -0.1) is 10.2 Å². The third kappa shape index (κ3) is 4.85. The van der Waals surface area contributed by atoms with Gasteiger partial charge in [-0.2, -0.15) is 5.26 Å². The van der Waals surface area contributed by atoms with Crippen LogP contribution in [0.4, 0.5) is 5.13 Å². The first-order valence-corrected chi connectivity index (χ1v) is 9.84. The fraction of sp³-hybridized carbons (Fsp3) is 0.200. The third-order valence-electron chi connectivity index (χ3n) is 3.81. The van der Waals surface area contributed by atoms with E-state index in [9.17, 15) is 10.1 Å². The molecule has 0 spiro atoms. The van der Waals surface area contributed by atoms with E-state index in [4.69, 9.17) is 11.6 Å². The average molecular weight is 412 g/mol. The average Bonchev–Trinajstić information content (AvgIpc) is 3.29. The molecule has 0 aliphatic heterocycles. The molecule has 8 heteroatoms. The molecule has 2 aromatic heterocycles. The molecule has 6 nitrogen and oxygen atoms in total. The van der Waals surface area contributed by atoms with Crippen molar-refractivity contribution in [3.05, 3.63) is 63.9 Å². The Labute approximate surface area is 172 Å². The highest BCUT2D eigenvalue weighted by atomic mass is 35.5. The van der Waals surface area contributed by atoms with Crippen LogP contribution in [0.1, 0.15) is 24.5 Å². The topological polar surface area (TPSA) is 83.6 Å². The zero-order valence-electron chi connectivity index (χ0n) is 15.4. The monoisotopic (exact) mass is 411 g/mol. The molecule has 1 N–H and O–H groups in total. The van der Waals surface area contributed by atoms with Gasteiger partial charge >= 0.3 is 0 Å². The largest absolute Gasteiger partial charge is 0.317 e. The van der Waals surface area contributed by atoms with Gasteiger partial charge in [0, 0.05) is 29.0 Å². The van der Waals surface area contributed by atoms with Gasteiger partial charge in [-0.25, -0.2) is 0 Å². The predicted molar refractivity (Wildman–Crippen MR) is 111 cm³/mol. The van der Waals surface area contributed by atoms with Gasteiger partial charge in [0.2, 0.25) is 5.13 Å². The van der Waals surface area contributed by atoms with Crippen molar-refractivity contribution in [1.29, 1.82) is 5.26 Å². The van der Waals surface area contributed by atoms with Gasteiger partial charge < -0.3 is 4.57 Å². The van der Waals surface area contributed by atoms with Crippen molar-refractivity contribution in [2.75, 3.05) is 5.32 Å². The molecule has 0 unspecified atom stereocenters. The van der Waals surface area contributed by atoms with Crippen LogP contribution in [-0.2, 0) is 11.2 Å². The number of benzene rings is 1. The first kappa shape index (κ1) is 19.8. The van der Waals surface area contributed by atoms with Crippen LogP contribution in [0.25, 0.3) is 11.8 Å². The number of amides is 1. The van der Waals surface area contributed by atoms with E-state index < -0.39 is 5.91 Å². The van der Waals surface area contributed by atoms with Crippen LogP contribution in [0.5, 0.6) is 0 Å². The lowest BCUT2D eigenvalue weighted by Gasteiger charge is -2.07. The highest BCUT2D eigenvalue weighted by Gasteiger charge is 2.14. The molecule has 0 radical (unpaired) electrons. The summed E-state index contributed by atoms with van der Waals surface area (Å²) < 4.78 is 1.87. The summed E-state index contributed by atoms with van der Waals surface area (Å²) in [6.07, 6.45) is 4.19. The van der Waals surface area contributed by atoms with E-state index >= 15 is 0 Å². The van der Waals surface area contributed by atoms with Crippen LogP contribution >= 0.6 is 22.9 Å². The minimum Gasteiger partial charge on any atom is -0.317 e. The third-order valence-corrected chi connectivity index (χ3v) is 4.93. The number of nitrogens with zero attached hydrogens (tertiary/aromatic N) is 4. The molecule has 1 aromatic carbocycles. The van der Waals surface area contributed by atoms with Crippen LogP contribution in [0.3, 0.4) is 0 Å². The molecular formula is C20H18ClN5OS. The summed E-state index contributed by atoms with van der Waals surface area (Å²) in [6.45, 7) is 4.18. The second-order valence-electron chi connectivity index (χ2n) is 6.50. The predicted octanol–water partition coefficient (Wildman–Crippen LogP) is 4.73. The highest BCUT2D eigenvalue weighted by Crippen LogP contribution is 2.21. The molecule has 142 valence electrons. The lowest BCUT2D eigenvalue weighted by Crippen LogP contribution is -2.13. The van der Waals surface area contributed by atoms with Crippen LogP contribution in [-0.4, -0.2) is 20.7 Å². The number of hydrogen-bond acceptors (Lipinski definition) is 5. The molecule has 0 saturated carbocycles. The Balaban J connectivity index is 1.80. The summed E-state index contributed by atoms with van der Waals surface area (Å²) in [5, 5.41) is 22.0. The Morgan fingerprint density at radius 2 is 2.07 bits per heavy atom. The Kier molecular flexibility index (Phi) is 6.24. The molecular weight excluding hydrogens is 394 g/mol. The molecule has 2 heterocycles. The van der Waals surface area contributed by atoms with E-state index in [0.29, 0.717) is 21.8 Å². The number of hydrogen-bond donors (Lipinski definition) is 1. The fourth-order valence-corrected chi connectivity index (χ4v) is 3.62. The Morgan fingerprint density at radius 3 is 2.75 bits per heavy atom. The normalized spacial score (nSPS) is 11.5. The fourth-order valence-electron chi connectivity index (χ4n) is 2.55. The van der Waals surface area contributed by atoms with Crippen molar-refractivity contribution in [3.8, 4) is 11.8 Å². The second-order valence-corrected chi connectivity index (χ2v) is 8.00. The quantitative estimate of drug-likeness (QED) is 0.469. The van der Waals surface area contributed by atoms with E-state index in [2.05, 4.69) is 29.4 Å². The molecule has 0 bridgehead atoms. The Morgan fingerprint density at radius 1 is 1.32 bits per heavy atom. The maximum atomic E-state index is 12.5. The van der Waals surface area contributed by atoms with Crippen molar-refractivity contribution in [3.63, 3.8) is 0 Å². The summed E-state index contributed by atoms with van der Waals surface area (Å²) in [5.74, 6) is -0.0645. The Bertz CT molecular complexity index is 1040. The van der Waals surface area contributed by atoms with Gasteiger partial charge in [0.1, 0.15) is 16.6 Å². The number of anilines is 1. The number of nitriles is 1. The van der Waals surface area contributed by atoms with E-state index in [1.165, 1.54) is 11.3 Å². The van der Waals surface area contributed by atoms with Crippen molar-refractivity contribution in [2.24, 2.45) is 5.92 Å². The van der Waals surface area contributed by atoms with Gasteiger partial charge in [-0.05, 0) is 48.4 Å². The molecule has 0 saturated heterocycles. The zero-order chi connectivity index (χ0) is 20.1.